The molecule has 8 heteroatoms. The van der Waals surface area contributed by atoms with E-state index in [1.165, 1.54) is 40.5 Å². The summed E-state index contributed by atoms with van der Waals surface area (Å²) in [7, 11) is 1.19. The number of rotatable bonds is 4. The lowest BCUT2D eigenvalue weighted by molar-refractivity contribution is -0.134. The van der Waals surface area contributed by atoms with Crippen LogP contribution in [0.3, 0.4) is 0 Å². The Morgan fingerprint density at radius 2 is 1.83 bits per heavy atom. The Morgan fingerprint density at radius 1 is 1.21 bits per heavy atom. The van der Waals surface area contributed by atoms with Gasteiger partial charge in [0.05, 0.1) is 10.8 Å². The van der Waals surface area contributed by atoms with Crippen LogP contribution >= 0.6 is 0 Å². The summed E-state index contributed by atoms with van der Waals surface area (Å²) in [5, 5.41) is 2.49. The molecule has 7 nitrogen and oxygen atoms in total. The summed E-state index contributed by atoms with van der Waals surface area (Å²) in [5.41, 5.74) is 0.399. The molecule has 0 bridgehead atoms. The highest BCUT2D eigenvalue weighted by molar-refractivity contribution is 7.89. The molecule has 1 aliphatic rings. The molecule has 24 heavy (non-hydrogen) atoms. The zero-order chi connectivity index (χ0) is 17.9. The van der Waals surface area contributed by atoms with Crippen molar-refractivity contribution < 1.29 is 18.0 Å². The largest absolute Gasteiger partial charge is 0.355 e. The third-order valence-electron chi connectivity index (χ3n) is 4.16. The summed E-state index contributed by atoms with van der Waals surface area (Å²) in [6.07, 6.45) is 1.35. The van der Waals surface area contributed by atoms with Gasteiger partial charge in [-0.05, 0) is 37.1 Å². The molecule has 2 rings (SSSR count). The van der Waals surface area contributed by atoms with Gasteiger partial charge in [0.15, 0.2) is 0 Å². The maximum absolute atomic E-state index is 12.8. The summed E-state index contributed by atoms with van der Waals surface area (Å²) >= 11 is 0. The molecule has 1 aromatic carbocycles. The van der Waals surface area contributed by atoms with Crippen LogP contribution in [0.5, 0.6) is 0 Å². The molecule has 1 aliphatic heterocycles. The quantitative estimate of drug-likeness (QED) is 0.856. The third-order valence-corrected chi connectivity index (χ3v) is 6.03. The maximum Gasteiger partial charge on any atom is 0.251 e. The van der Waals surface area contributed by atoms with Crippen LogP contribution in [-0.2, 0) is 14.8 Å². The van der Waals surface area contributed by atoms with E-state index in [1.807, 2.05) is 0 Å². The van der Waals surface area contributed by atoms with Crippen molar-refractivity contribution in [3.05, 3.63) is 29.8 Å². The molecule has 1 atom stereocenters. The van der Waals surface area contributed by atoms with Crippen molar-refractivity contribution in [3.8, 4) is 0 Å². The summed E-state index contributed by atoms with van der Waals surface area (Å²) < 4.78 is 26.9. The minimum Gasteiger partial charge on any atom is -0.355 e. The zero-order valence-electron chi connectivity index (χ0n) is 14.2. The van der Waals surface area contributed by atoms with Crippen LogP contribution in [0.25, 0.3) is 0 Å². The number of carbonyl (C=O) groups excluding carboxylic acids is 2. The van der Waals surface area contributed by atoms with E-state index in [-0.39, 0.29) is 29.2 Å². The van der Waals surface area contributed by atoms with E-state index < -0.39 is 10.0 Å². The van der Waals surface area contributed by atoms with Crippen molar-refractivity contribution in [1.29, 1.82) is 0 Å². The summed E-state index contributed by atoms with van der Waals surface area (Å²) in [6, 6.07) is 5.82. The normalized spacial score (nSPS) is 18.9. The third kappa shape index (κ3) is 3.76. The number of hydrogen-bond acceptors (Lipinski definition) is 4. The second kappa shape index (κ2) is 7.31. The van der Waals surface area contributed by atoms with E-state index in [4.69, 9.17) is 0 Å². The van der Waals surface area contributed by atoms with Crippen LogP contribution in [0, 0.1) is 5.92 Å². The fourth-order valence-electron chi connectivity index (χ4n) is 2.80. The van der Waals surface area contributed by atoms with Gasteiger partial charge >= 0.3 is 0 Å². The Morgan fingerprint density at radius 3 is 2.38 bits per heavy atom. The minimum absolute atomic E-state index is 0.0511. The molecule has 1 fully saturated rings. The van der Waals surface area contributed by atoms with Crippen LogP contribution in [-0.4, -0.2) is 63.7 Å². The van der Waals surface area contributed by atoms with Gasteiger partial charge < -0.3 is 10.2 Å². The van der Waals surface area contributed by atoms with Gasteiger partial charge in [-0.1, -0.05) is 0 Å². The van der Waals surface area contributed by atoms with E-state index in [0.717, 1.165) is 0 Å². The molecule has 0 aliphatic carbocycles. The Kier molecular flexibility index (Phi) is 5.61. The second-order valence-corrected chi connectivity index (χ2v) is 7.98. The Bertz CT molecular complexity index is 713. The molecule has 0 aromatic heterocycles. The predicted molar refractivity (Wildman–Crippen MR) is 90.0 cm³/mol. The Labute approximate surface area is 142 Å². The fraction of sp³-hybridized carbons (Fsp3) is 0.500. The van der Waals surface area contributed by atoms with Gasteiger partial charge in [-0.2, -0.15) is 4.31 Å². The smallest absolute Gasteiger partial charge is 0.251 e. The van der Waals surface area contributed by atoms with Crippen molar-refractivity contribution in [2.45, 2.75) is 17.7 Å². The lowest BCUT2D eigenvalue weighted by Gasteiger charge is -2.32. The summed E-state index contributed by atoms with van der Waals surface area (Å²) in [6.45, 7) is 0.591. The van der Waals surface area contributed by atoms with E-state index in [2.05, 4.69) is 5.32 Å². The van der Waals surface area contributed by atoms with Gasteiger partial charge in [-0.15, -0.1) is 0 Å². The molecule has 0 saturated carbocycles. The van der Waals surface area contributed by atoms with Gasteiger partial charge in [0.25, 0.3) is 5.91 Å². The molecular formula is C16H23N3O4S. The van der Waals surface area contributed by atoms with Crippen LogP contribution in [0.1, 0.15) is 23.2 Å². The molecular weight excluding hydrogens is 330 g/mol. The first-order chi connectivity index (χ1) is 11.3. The molecule has 1 saturated heterocycles. The molecule has 1 heterocycles. The van der Waals surface area contributed by atoms with Crippen LogP contribution < -0.4 is 5.32 Å². The van der Waals surface area contributed by atoms with E-state index >= 15 is 0 Å². The van der Waals surface area contributed by atoms with Gasteiger partial charge in [0.1, 0.15) is 0 Å². The van der Waals surface area contributed by atoms with E-state index in [1.54, 1.807) is 14.1 Å². The molecule has 0 radical (unpaired) electrons. The van der Waals surface area contributed by atoms with Gasteiger partial charge in [0.2, 0.25) is 15.9 Å². The Balaban J connectivity index is 2.20. The molecule has 2 amide bonds. The molecule has 0 unspecified atom stereocenters. The van der Waals surface area contributed by atoms with Gasteiger partial charge in [0, 0.05) is 39.8 Å². The van der Waals surface area contributed by atoms with Gasteiger partial charge in [-0.25, -0.2) is 8.42 Å². The number of piperidine rings is 1. The lowest BCUT2D eigenvalue weighted by atomic mass is 9.98. The van der Waals surface area contributed by atoms with Crippen molar-refractivity contribution in [2.75, 3.05) is 34.2 Å². The SMILES string of the molecule is CNC(=O)c1ccc(S(=O)(=O)N2CCC[C@H](C(=O)N(C)C)C2)cc1. The topological polar surface area (TPSA) is 86.8 Å². The first kappa shape index (κ1) is 18.4. The first-order valence-electron chi connectivity index (χ1n) is 7.81. The lowest BCUT2D eigenvalue weighted by Crippen LogP contribution is -2.45. The van der Waals surface area contributed by atoms with Crippen molar-refractivity contribution in [3.63, 3.8) is 0 Å². The number of carbonyl (C=O) groups is 2. The number of sulfonamides is 1. The van der Waals surface area contributed by atoms with Crippen molar-refractivity contribution in [1.82, 2.24) is 14.5 Å². The minimum atomic E-state index is -3.67. The predicted octanol–water partition coefficient (Wildman–Crippen LogP) is 0.535. The summed E-state index contributed by atoms with van der Waals surface area (Å²) in [5.74, 6) is -0.632. The number of nitrogens with one attached hydrogen (secondary N) is 1. The highest BCUT2D eigenvalue weighted by atomic mass is 32.2. The average Bonchev–Trinajstić information content (AvgIpc) is 2.60. The van der Waals surface area contributed by atoms with Crippen LogP contribution in [0.2, 0.25) is 0 Å². The van der Waals surface area contributed by atoms with Crippen molar-refractivity contribution in [2.24, 2.45) is 5.92 Å². The number of nitrogens with zero attached hydrogens (tertiary/aromatic N) is 2. The molecule has 1 aromatic rings. The highest BCUT2D eigenvalue weighted by Crippen LogP contribution is 2.24. The van der Waals surface area contributed by atoms with Gasteiger partial charge in [-0.3, -0.25) is 9.59 Å². The van der Waals surface area contributed by atoms with Crippen LogP contribution in [0.4, 0.5) is 0 Å². The summed E-state index contributed by atoms with van der Waals surface area (Å²) in [4.78, 5) is 25.3. The monoisotopic (exact) mass is 353 g/mol. The number of benzene rings is 1. The first-order valence-corrected chi connectivity index (χ1v) is 9.25. The number of amides is 2. The zero-order valence-corrected chi connectivity index (χ0v) is 15.0. The van der Waals surface area contributed by atoms with E-state index in [0.29, 0.717) is 24.9 Å². The standard InChI is InChI=1S/C16H23N3O4S/c1-17-15(20)12-6-8-14(9-7-12)24(22,23)19-10-4-5-13(11-19)16(21)18(2)3/h6-9,13H,4-5,10-11H2,1-3H3,(H,17,20)/t13-/m0/s1. The van der Waals surface area contributed by atoms with E-state index in [9.17, 15) is 18.0 Å². The van der Waals surface area contributed by atoms with Crippen LogP contribution in [0.15, 0.2) is 29.2 Å². The number of hydrogen-bond donors (Lipinski definition) is 1. The Hall–Kier alpha value is -1.93. The fourth-order valence-corrected chi connectivity index (χ4v) is 4.32. The average molecular weight is 353 g/mol. The molecule has 132 valence electrons. The molecule has 0 spiro atoms. The molecule has 1 N–H and O–H groups in total. The second-order valence-electron chi connectivity index (χ2n) is 6.04. The maximum atomic E-state index is 12.8. The highest BCUT2D eigenvalue weighted by Gasteiger charge is 2.33. The van der Waals surface area contributed by atoms with Crippen molar-refractivity contribution >= 4 is 21.8 Å².